The molecule has 1 fully saturated rings. The molecule has 3 aromatic heterocycles. The number of nitrogens with zero attached hydrogens (tertiary/aromatic N) is 5. The van der Waals surface area contributed by atoms with Crippen LogP contribution in [0, 0.1) is 6.92 Å². The van der Waals surface area contributed by atoms with Gasteiger partial charge in [0.2, 0.25) is 0 Å². The number of amides is 1. The van der Waals surface area contributed by atoms with Gasteiger partial charge < -0.3 is 10.2 Å². The van der Waals surface area contributed by atoms with Gasteiger partial charge >= 0.3 is 0 Å². The van der Waals surface area contributed by atoms with Crippen LogP contribution in [0.5, 0.6) is 0 Å². The first-order valence-electron chi connectivity index (χ1n) is 11.3. The molecular weight excluding hydrogens is 432 g/mol. The van der Waals surface area contributed by atoms with Crippen LogP contribution in [0.15, 0.2) is 60.1 Å². The summed E-state index contributed by atoms with van der Waals surface area (Å²) < 4.78 is 1.87. The topological polar surface area (TPSA) is 66.3 Å². The molecule has 0 aliphatic carbocycles. The van der Waals surface area contributed by atoms with Gasteiger partial charge in [-0.25, -0.2) is 9.67 Å². The highest BCUT2D eigenvalue weighted by Crippen LogP contribution is 2.20. The third kappa shape index (κ3) is 4.91. The lowest BCUT2D eigenvalue weighted by atomic mass is 10.1. The Labute approximate surface area is 197 Å². The van der Waals surface area contributed by atoms with Gasteiger partial charge in [0.1, 0.15) is 0 Å². The molecule has 0 bridgehead atoms. The monoisotopic (exact) mass is 460 g/mol. The molecule has 1 aliphatic rings. The molecule has 1 saturated heterocycles. The summed E-state index contributed by atoms with van der Waals surface area (Å²) in [5, 5.41) is 10.5. The summed E-state index contributed by atoms with van der Waals surface area (Å²) >= 11 is 1.69. The number of piperazine rings is 1. The van der Waals surface area contributed by atoms with Crippen molar-refractivity contribution in [2.75, 3.05) is 44.2 Å². The largest absolute Gasteiger partial charge is 0.369 e. The van der Waals surface area contributed by atoms with E-state index in [0.717, 1.165) is 49.5 Å². The number of para-hydroxylation sites is 1. The fourth-order valence-corrected chi connectivity index (χ4v) is 5.00. The second-order valence-electron chi connectivity index (χ2n) is 8.35. The lowest BCUT2D eigenvalue weighted by Gasteiger charge is -2.36. The van der Waals surface area contributed by atoms with Crippen molar-refractivity contribution in [3.63, 3.8) is 0 Å². The first-order chi connectivity index (χ1) is 16.2. The van der Waals surface area contributed by atoms with E-state index in [-0.39, 0.29) is 5.91 Å². The van der Waals surface area contributed by atoms with Gasteiger partial charge in [-0.05, 0) is 36.6 Å². The van der Waals surface area contributed by atoms with E-state index in [0.29, 0.717) is 18.7 Å². The summed E-state index contributed by atoms with van der Waals surface area (Å²) in [6, 6.07) is 16.5. The number of hydrogen-bond acceptors (Lipinski definition) is 6. The summed E-state index contributed by atoms with van der Waals surface area (Å²) in [7, 11) is 0. The lowest BCUT2D eigenvalue weighted by Crippen LogP contribution is -2.48. The maximum absolute atomic E-state index is 13.0. The van der Waals surface area contributed by atoms with Crippen molar-refractivity contribution >= 4 is 34.0 Å². The van der Waals surface area contributed by atoms with Gasteiger partial charge in [0.15, 0.2) is 5.65 Å². The Balaban J connectivity index is 1.18. The van der Waals surface area contributed by atoms with E-state index in [1.165, 1.54) is 10.6 Å². The van der Waals surface area contributed by atoms with Gasteiger partial charge in [0, 0.05) is 55.5 Å². The van der Waals surface area contributed by atoms with Crippen molar-refractivity contribution in [1.29, 1.82) is 0 Å². The number of anilines is 1. The number of aryl methyl sites for hydroxylation is 1. The third-order valence-electron chi connectivity index (χ3n) is 6.07. The smallest absolute Gasteiger partial charge is 0.252 e. The highest BCUT2D eigenvalue weighted by Gasteiger charge is 2.19. The molecule has 8 heteroatoms. The summed E-state index contributed by atoms with van der Waals surface area (Å²) in [5.41, 5.74) is 3.49. The molecule has 0 unspecified atom stereocenters. The average Bonchev–Trinajstić information content (AvgIpc) is 3.50. The van der Waals surface area contributed by atoms with Gasteiger partial charge in [0.05, 0.1) is 23.7 Å². The first kappa shape index (κ1) is 21.6. The van der Waals surface area contributed by atoms with Gasteiger partial charge in [-0.3, -0.25) is 9.69 Å². The minimum Gasteiger partial charge on any atom is -0.369 e. The second kappa shape index (κ2) is 9.72. The van der Waals surface area contributed by atoms with Crippen LogP contribution in [0.2, 0.25) is 0 Å². The molecule has 7 nitrogen and oxygen atoms in total. The molecule has 1 N–H and O–H groups in total. The number of benzene rings is 1. The predicted octanol–water partition coefficient (Wildman–Crippen LogP) is 3.40. The van der Waals surface area contributed by atoms with E-state index in [1.807, 2.05) is 23.7 Å². The standard InChI is InChI=1S/C25H28N6OS/c1-19-16-22(23-17-27-31(24(23)28-19)18-21-8-5-15-33-21)25(32)26-9-10-29-11-13-30(14-12-29)20-6-3-2-4-7-20/h2-8,15-17H,9-14,18H2,1H3,(H,26,32). The Morgan fingerprint density at radius 2 is 1.91 bits per heavy atom. The Morgan fingerprint density at radius 1 is 1.09 bits per heavy atom. The molecule has 0 saturated carbocycles. The van der Waals surface area contributed by atoms with Crippen molar-refractivity contribution in [2.45, 2.75) is 13.5 Å². The van der Waals surface area contributed by atoms with Crippen LogP contribution in [0.3, 0.4) is 0 Å². The maximum Gasteiger partial charge on any atom is 0.252 e. The number of rotatable bonds is 7. The normalized spacial score (nSPS) is 14.6. The molecule has 0 radical (unpaired) electrons. The summed E-state index contributed by atoms with van der Waals surface area (Å²) in [6.45, 7) is 8.06. The third-order valence-corrected chi connectivity index (χ3v) is 6.94. The van der Waals surface area contributed by atoms with Crippen LogP contribution in [0.4, 0.5) is 5.69 Å². The van der Waals surface area contributed by atoms with Crippen LogP contribution in [-0.2, 0) is 6.54 Å². The highest BCUT2D eigenvalue weighted by atomic mass is 32.1. The van der Waals surface area contributed by atoms with Crippen LogP contribution in [0.25, 0.3) is 11.0 Å². The zero-order valence-corrected chi connectivity index (χ0v) is 19.6. The second-order valence-corrected chi connectivity index (χ2v) is 9.38. The Morgan fingerprint density at radius 3 is 2.67 bits per heavy atom. The molecule has 5 rings (SSSR count). The zero-order valence-electron chi connectivity index (χ0n) is 18.8. The molecule has 1 amide bonds. The van der Waals surface area contributed by atoms with Crippen LogP contribution >= 0.6 is 11.3 Å². The fraction of sp³-hybridized carbons (Fsp3) is 0.320. The first-order valence-corrected chi connectivity index (χ1v) is 12.2. The SMILES string of the molecule is Cc1cc(C(=O)NCCN2CCN(c3ccccc3)CC2)c2cnn(Cc3cccs3)c2n1. The molecule has 1 aliphatic heterocycles. The number of pyridine rings is 1. The Hall–Kier alpha value is -3.23. The molecule has 33 heavy (non-hydrogen) atoms. The highest BCUT2D eigenvalue weighted by molar-refractivity contribution is 7.09. The van der Waals surface area contributed by atoms with Gasteiger partial charge in [-0.15, -0.1) is 11.3 Å². The number of fused-ring (bicyclic) bond motifs is 1. The van der Waals surface area contributed by atoms with Crippen molar-refractivity contribution in [2.24, 2.45) is 0 Å². The molecular formula is C25H28N6OS. The van der Waals surface area contributed by atoms with Crippen LogP contribution in [0.1, 0.15) is 20.9 Å². The molecule has 4 heterocycles. The number of thiophene rings is 1. The van der Waals surface area contributed by atoms with Crippen molar-refractivity contribution < 1.29 is 4.79 Å². The number of hydrogen-bond donors (Lipinski definition) is 1. The van der Waals surface area contributed by atoms with E-state index in [1.54, 1.807) is 17.5 Å². The van der Waals surface area contributed by atoms with E-state index in [9.17, 15) is 4.79 Å². The quantitative estimate of drug-likeness (QED) is 0.458. The van der Waals surface area contributed by atoms with E-state index in [2.05, 4.69) is 67.0 Å². The average molecular weight is 461 g/mol. The van der Waals surface area contributed by atoms with Gasteiger partial charge in [-0.1, -0.05) is 24.3 Å². The minimum absolute atomic E-state index is 0.0657. The summed E-state index contributed by atoms with van der Waals surface area (Å²) in [4.78, 5) is 23.7. The fourth-order valence-electron chi connectivity index (χ4n) is 4.32. The van der Waals surface area contributed by atoms with Crippen LogP contribution in [-0.4, -0.2) is 64.8 Å². The number of carbonyl (C=O) groups is 1. The lowest BCUT2D eigenvalue weighted by molar-refractivity contribution is 0.0949. The number of aromatic nitrogens is 3. The minimum atomic E-state index is -0.0657. The van der Waals surface area contributed by atoms with E-state index >= 15 is 0 Å². The molecule has 4 aromatic rings. The summed E-state index contributed by atoms with van der Waals surface area (Å²) in [6.07, 6.45) is 1.76. The van der Waals surface area contributed by atoms with Crippen molar-refractivity contribution in [3.8, 4) is 0 Å². The molecule has 1 aromatic carbocycles. The van der Waals surface area contributed by atoms with Crippen molar-refractivity contribution in [1.82, 2.24) is 25.0 Å². The van der Waals surface area contributed by atoms with Gasteiger partial charge in [0.25, 0.3) is 5.91 Å². The summed E-state index contributed by atoms with van der Waals surface area (Å²) in [5.74, 6) is -0.0657. The van der Waals surface area contributed by atoms with E-state index < -0.39 is 0 Å². The Kier molecular flexibility index (Phi) is 6.37. The Bertz CT molecular complexity index is 1210. The number of carbonyl (C=O) groups excluding carboxylic acids is 1. The maximum atomic E-state index is 13.0. The molecule has 170 valence electrons. The zero-order chi connectivity index (χ0) is 22.6. The molecule has 0 atom stereocenters. The van der Waals surface area contributed by atoms with Gasteiger partial charge in [-0.2, -0.15) is 5.10 Å². The van der Waals surface area contributed by atoms with E-state index in [4.69, 9.17) is 0 Å². The van der Waals surface area contributed by atoms with Crippen LogP contribution < -0.4 is 10.2 Å². The predicted molar refractivity (Wildman–Crippen MR) is 133 cm³/mol. The number of nitrogens with one attached hydrogen (secondary N) is 1. The van der Waals surface area contributed by atoms with Crippen molar-refractivity contribution in [3.05, 3.63) is 76.2 Å². The molecule has 0 spiro atoms.